The van der Waals surface area contributed by atoms with E-state index in [0.717, 1.165) is 32.5 Å². The van der Waals surface area contributed by atoms with Crippen LogP contribution in [-0.4, -0.2) is 47.6 Å². The summed E-state index contributed by atoms with van der Waals surface area (Å²) < 4.78 is 0. The number of carbonyl (C=O) groups excluding carboxylic acids is 1. The summed E-state index contributed by atoms with van der Waals surface area (Å²) in [5.74, 6) is -1.08. The van der Waals surface area contributed by atoms with Gasteiger partial charge in [-0.15, -0.1) is 0 Å². The normalized spacial score (nSPS) is 17.9. The quantitative estimate of drug-likeness (QED) is 0.749. The average Bonchev–Trinajstić information content (AvgIpc) is 2.37. The molecule has 1 fully saturated rings. The minimum atomic E-state index is -0.994. The second-order valence-electron chi connectivity index (χ2n) is 6.40. The van der Waals surface area contributed by atoms with Gasteiger partial charge in [0.1, 0.15) is 0 Å². The molecule has 1 aliphatic rings. The fraction of sp³-hybridized carbons (Fsp3) is 0.867. The highest BCUT2D eigenvalue weighted by Crippen LogP contribution is 2.20. The number of carbonyl (C=O) groups is 2. The van der Waals surface area contributed by atoms with Crippen LogP contribution in [0.1, 0.15) is 52.9 Å². The molecule has 0 aromatic carbocycles. The van der Waals surface area contributed by atoms with Crippen LogP contribution in [0.3, 0.4) is 0 Å². The van der Waals surface area contributed by atoms with Crippen LogP contribution in [0.25, 0.3) is 0 Å². The van der Waals surface area contributed by atoms with Gasteiger partial charge in [-0.05, 0) is 39.7 Å². The molecule has 1 aliphatic heterocycles. The van der Waals surface area contributed by atoms with Crippen LogP contribution in [0.4, 0.5) is 0 Å². The van der Waals surface area contributed by atoms with Gasteiger partial charge in [-0.1, -0.05) is 13.3 Å². The standard InChI is InChI=1S/C15H28N2O3/c1-4-5-8-17-9-6-12(7-10-17)16-13(18)11-15(2,3)14(19)20/h12H,4-11H2,1-3H3,(H,16,18)(H,19,20). The summed E-state index contributed by atoms with van der Waals surface area (Å²) in [4.78, 5) is 25.3. The monoisotopic (exact) mass is 284 g/mol. The first-order valence-electron chi connectivity index (χ1n) is 7.60. The molecule has 0 bridgehead atoms. The number of aliphatic carboxylic acids is 1. The van der Waals surface area contributed by atoms with Crippen molar-refractivity contribution in [3.05, 3.63) is 0 Å². The van der Waals surface area contributed by atoms with Gasteiger partial charge >= 0.3 is 5.97 Å². The van der Waals surface area contributed by atoms with Gasteiger partial charge in [0.05, 0.1) is 5.41 Å². The molecule has 0 aliphatic carbocycles. The molecule has 5 heteroatoms. The molecule has 1 saturated heterocycles. The highest BCUT2D eigenvalue weighted by Gasteiger charge is 2.31. The molecule has 0 unspecified atom stereocenters. The van der Waals surface area contributed by atoms with E-state index < -0.39 is 11.4 Å². The van der Waals surface area contributed by atoms with Crippen LogP contribution in [0.2, 0.25) is 0 Å². The van der Waals surface area contributed by atoms with Crippen molar-refractivity contribution in [2.45, 2.75) is 58.9 Å². The van der Waals surface area contributed by atoms with E-state index in [4.69, 9.17) is 5.11 Å². The molecule has 5 nitrogen and oxygen atoms in total. The van der Waals surface area contributed by atoms with E-state index in [0.29, 0.717) is 0 Å². The first-order valence-corrected chi connectivity index (χ1v) is 7.60. The van der Waals surface area contributed by atoms with Crippen molar-refractivity contribution in [3.8, 4) is 0 Å². The van der Waals surface area contributed by atoms with E-state index in [1.54, 1.807) is 13.8 Å². The Morgan fingerprint density at radius 2 is 1.90 bits per heavy atom. The Balaban J connectivity index is 2.29. The molecule has 2 N–H and O–H groups in total. The molecular formula is C15H28N2O3. The fourth-order valence-corrected chi connectivity index (χ4v) is 2.44. The zero-order chi connectivity index (χ0) is 15.2. The Labute approximate surface area is 121 Å². The molecule has 0 spiro atoms. The van der Waals surface area contributed by atoms with Crippen molar-refractivity contribution in [2.24, 2.45) is 5.41 Å². The van der Waals surface area contributed by atoms with Crippen molar-refractivity contribution < 1.29 is 14.7 Å². The van der Waals surface area contributed by atoms with Crippen molar-refractivity contribution in [1.82, 2.24) is 10.2 Å². The SMILES string of the molecule is CCCCN1CCC(NC(=O)CC(C)(C)C(=O)O)CC1. The number of nitrogens with zero attached hydrogens (tertiary/aromatic N) is 1. The number of piperidine rings is 1. The van der Waals surface area contributed by atoms with Crippen LogP contribution in [-0.2, 0) is 9.59 Å². The van der Waals surface area contributed by atoms with Gasteiger partial charge < -0.3 is 15.3 Å². The highest BCUT2D eigenvalue weighted by atomic mass is 16.4. The van der Waals surface area contributed by atoms with Crippen molar-refractivity contribution >= 4 is 11.9 Å². The lowest BCUT2D eigenvalue weighted by molar-refractivity contribution is -0.149. The van der Waals surface area contributed by atoms with Crippen LogP contribution in [0, 0.1) is 5.41 Å². The smallest absolute Gasteiger partial charge is 0.309 e. The molecule has 1 rings (SSSR count). The van der Waals surface area contributed by atoms with Gasteiger partial charge in [-0.25, -0.2) is 0 Å². The molecule has 0 saturated carbocycles. The lowest BCUT2D eigenvalue weighted by Crippen LogP contribution is -2.46. The first-order chi connectivity index (χ1) is 9.35. The van der Waals surface area contributed by atoms with Crippen molar-refractivity contribution in [3.63, 3.8) is 0 Å². The molecular weight excluding hydrogens is 256 g/mol. The van der Waals surface area contributed by atoms with Gasteiger partial charge in [-0.2, -0.15) is 0 Å². The third kappa shape index (κ3) is 5.49. The van der Waals surface area contributed by atoms with E-state index in [2.05, 4.69) is 17.1 Å². The van der Waals surface area contributed by atoms with E-state index in [1.807, 2.05) is 0 Å². The number of likely N-dealkylation sites (tertiary alicyclic amines) is 1. The van der Waals surface area contributed by atoms with Gasteiger partial charge in [0.25, 0.3) is 0 Å². The zero-order valence-electron chi connectivity index (χ0n) is 12.9. The number of carboxylic acid groups (broad SMARTS) is 1. The minimum absolute atomic E-state index is 0.0401. The van der Waals surface area contributed by atoms with Crippen molar-refractivity contribution in [2.75, 3.05) is 19.6 Å². The topological polar surface area (TPSA) is 69.6 Å². The Morgan fingerprint density at radius 3 is 2.40 bits per heavy atom. The summed E-state index contributed by atoms with van der Waals surface area (Å²) in [6, 6.07) is 0.199. The van der Waals surface area contributed by atoms with Crippen molar-refractivity contribution in [1.29, 1.82) is 0 Å². The second-order valence-corrected chi connectivity index (χ2v) is 6.40. The molecule has 1 heterocycles. The second kappa shape index (κ2) is 7.62. The predicted octanol–water partition coefficient (Wildman–Crippen LogP) is 1.87. The summed E-state index contributed by atoms with van der Waals surface area (Å²) in [6.07, 6.45) is 4.40. The van der Waals surface area contributed by atoms with Gasteiger partial charge in [0, 0.05) is 25.6 Å². The third-order valence-electron chi connectivity index (χ3n) is 3.96. The Hall–Kier alpha value is -1.10. The summed E-state index contributed by atoms with van der Waals surface area (Å²) in [7, 11) is 0. The predicted molar refractivity (Wildman–Crippen MR) is 78.5 cm³/mol. The number of amides is 1. The van der Waals surface area contributed by atoms with Gasteiger partial charge in [-0.3, -0.25) is 9.59 Å². The highest BCUT2D eigenvalue weighted by molar-refractivity contribution is 5.84. The van der Waals surface area contributed by atoms with Crippen LogP contribution in [0.5, 0.6) is 0 Å². The lowest BCUT2D eigenvalue weighted by atomic mass is 9.89. The Bertz CT molecular complexity index is 334. The van der Waals surface area contributed by atoms with E-state index in [1.165, 1.54) is 12.8 Å². The molecule has 1 amide bonds. The fourth-order valence-electron chi connectivity index (χ4n) is 2.44. The minimum Gasteiger partial charge on any atom is -0.481 e. The Kier molecular flexibility index (Phi) is 6.46. The number of rotatable bonds is 7. The first kappa shape index (κ1) is 17.0. The summed E-state index contributed by atoms with van der Waals surface area (Å²) in [6.45, 7) is 8.55. The van der Waals surface area contributed by atoms with Gasteiger partial charge in [0.2, 0.25) is 5.91 Å². The maximum absolute atomic E-state index is 11.9. The maximum atomic E-state index is 11.9. The van der Waals surface area contributed by atoms with E-state index in [-0.39, 0.29) is 18.4 Å². The number of hydrogen-bond acceptors (Lipinski definition) is 3. The largest absolute Gasteiger partial charge is 0.481 e. The molecule has 0 radical (unpaired) electrons. The summed E-state index contributed by atoms with van der Waals surface area (Å²) in [5, 5.41) is 12.0. The third-order valence-corrected chi connectivity index (χ3v) is 3.96. The van der Waals surface area contributed by atoms with Crippen LogP contribution < -0.4 is 5.32 Å². The molecule has 20 heavy (non-hydrogen) atoms. The Morgan fingerprint density at radius 1 is 1.30 bits per heavy atom. The lowest BCUT2D eigenvalue weighted by Gasteiger charge is -2.32. The van der Waals surface area contributed by atoms with E-state index in [9.17, 15) is 9.59 Å². The maximum Gasteiger partial charge on any atom is 0.309 e. The molecule has 0 atom stereocenters. The summed E-state index contributed by atoms with van der Waals surface area (Å²) >= 11 is 0. The zero-order valence-corrected chi connectivity index (χ0v) is 12.9. The van der Waals surface area contributed by atoms with E-state index >= 15 is 0 Å². The molecule has 0 aromatic heterocycles. The molecule has 0 aromatic rings. The number of hydrogen-bond donors (Lipinski definition) is 2. The average molecular weight is 284 g/mol. The molecule has 116 valence electrons. The number of nitrogens with one attached hydrogen (secondary N) is 1. The summed E-state index contributed by atoms with van der Waals surface area (Å²) in [5.41, 5.74) is -0.994. The van der Waals surface area contributed by atoms with Crippen LogP contribution >= 0.6 is 0 Å². The number of carboxylic acids is 1. The number of unbranched alkanes of at least 4 members (excludes halogenated alkanes) is 1. The van der Waals surface area contributed by atoms with Gasteiger partial charge in [0.15, 0.2) is 0 Å². The van der Waals surface area contributed by atoms with Crippen LogP contribution in [0.15, 0.2) is 0 Å².